The Morgan fingerprint density at radius 3 is 1.29 bits per heavy atom. The van der Waals surface area contributed by atoms with Crippen molar-refractivity contribution in [3.63, 3.8) is 0 Å². The lowest BCUT2D eigenvalue weighted by molar-refractivity contribution is 0.436. The average molecular weight is 791 g/mol. The van der Waals surface area contributed by atoms with E-state index in [0.717, 1.165) is 78.5 Å². The molecule has 1 spiro atoms. The molecule has 9 aromatic carbocycles. The third kappa shape index (κ3) is 5.82. The van der Waals surface area contributed by atoms with Gasteiger partial charge in [-0.15, -0.1) is 0 Å². The van der Waals surface area contributed by atoms with Crippen LogP contribution in [0.1, 0.15) is 22.3 Å². The zero-order valence-corrected chi connectivity index (χ0v) is 33.7. The molecule has 1 aromatic heterocycles. The fraction of sp³-hybridized carbons (Fsp3) is 0.0169. The molecule has 3 heteroatoms. The highest BCUT2D eigenvalue weighted by Crippen LogP contribution is 2.62. The first-order valence-electron chi connectivity index (χ1n) is 21.1. The lowest BCUT2D eigenvalue weighted by Crippen LogP contribution is -2.32. The van der Waals surface area contributed by atoms with E-state index in [-0.39, 0.29) is 0 Å². The predicted octanol–water partition coefficient (Wildman–Crippen LogP) is 14.9. The second kappa shape index (κ2) is 14.5. The van der Waals surface area contributed by atoms with Gasteiger partial charge in [-0.3, -0.25) is 0 Å². The average Bonchev–Trinajstić information content (AvgIpc) is 3.65. The van der Waals surface area contributed by atoms with Crippen LogP contribution in [0, 0.1) is 0 Å². The molecule has 0 amide bonds. The number of hydrogen-bond donors (Lipinski definition) is 0. The number of ether oxygens (including phenoxy) is 1. The maximum Gasteiger partial charge on any atom is 0.160 e. The van der Waals surface area contributed by atoms with E-state index in [0.29, 0.717) is 5.82 Å². The molecular formula is C59H38N2O. The largest absolute Gasteiger partial charge is 0.457 e. The summed E-state index contributed by atoms with van der Waals surface area (Å²) in [6.07, 6.45) is 0. The van der Waals surface area contributed by atoms with Crippen LogP contribution in [0.3, 0.4) is 0 Å². The first-order chi connectivity index (χ1) is 30.7. The predicted molar refractivity (Wildman–Crippen MR) is 252 cm³/mol. The van der Waals surface area contributed by atoms with Crippen LogP contribution in [0.4, 0.5) is 0 Å². The van der Waals surface area contributed by atoms with Gasteiger partial charge in [-0.25, -0.2) is 9.97 Å². The summed E-state index contributed by atoms with van der Waals surface area (Å²) in [7, 11) is 0. The van der Waals surface area contributed by atoms with Gasteiger partial charge >= 0.3 is 0 Å². The zero-order chi connectivity index (χ0) is 41.0. The molecule has 1 aliphatic heterocycles. The minimum atomic E-state index is -0.499. The second-order valence-electron chi connectivity index (χ2n) is 16.1. The van der Waals surface area contributed by atoms with Crippen LogP contribution in [0.5, 0.6) is 11.5 Å². The molecule has 0 radical (unpaired) electrons. The van der Waals surface area contributed by atoms with Crippen molar-refractivity contribution in [1.82, 2.24) is 9.97 Å². The first kappa shape index (κ1) is 35.8. The monoisotopic (exact) mass is 790 g/mol. The minimum Gasteiger partial charge on any atom is -0.457 e. The summed E-state index contributed by atoms with van der Waals surface area (Å²) in [5, 5.41) is 0. The zero-order valence-electron chi connectivity index (χ0n) is 33.7. The van der Waals surface area contributed by atoms with Crippen LogP contribution >= 0.6 is 0 Å². The van der Waals surface area contributed by atoms with Gasteiger partial charge in [-0.05, 0) is 92.0 Å². The van der Waals surface area contributed by atoms with E-state index in [1.54, 1.807) is 0 Å². The minimum absolute atomic E-state index is 0.499. The fourth-order valence-electron chi connectivity index (χ4n) is 9.73. The number of nitrogens with zero attached hydrogens (tertiary/aromatic N) is 2. The number of hydrogen-bond acceptors (Lipinski definition) is 3. The number of rotatable bonds is 6. The highest BCUT2D eigenvalue weighted by atomic mass is 16.5. The molecule has 3 nitrogen and oxygen atoms in total. The molecule has 0 unspecified atom stereocenters. The van der Waals surface area contributed by atoms with Crippen molar-refractivity contribution < 1.29 is 4.74 Å². The standard InChI is InChI=1S/C59H38N2O/c1-3-16-39(17-4-1)41-20-13-23-45(34-41)54-38-55(61-58(60-54)47-25-15-21-42(36-47)40-18-5-2-6-19-40)46-24-14-22-43(35-46)44-32-33-53-57(37-44)62-56-31-12-11-30-52(56)59(53)50-28-9-7-26-48(50)49-27-8-10-29-51(49)59/h1-38H. The summed E-state index contributed by atoms with van der Waals surface area (Å²) in [6.45, 7) is 0. The van der Waals surface area contributed by atoms with E-state index in [1.165, 1.54) is 27.8 Å². The van der Waals surface area contributed by atoms with Crippen molar-refractivity contribution >= 4 is 0 Å². The van der Waals surface area contributed by atoms with Gasteiger partial charge in [0.05, 0.1) is 16.8 Å². The van der Waals surface area contributed by atoms with Crippen LogP contribution < -0.4 is 4.74 Å². The Bertz CT molecular complexity index is 3190. The molecule has 2 aliphatic rings. The molecule has 0 N–H and O–H groups in total. The lowest BCUT2D eigenvalue weighted by atomic mass is 9.66. The van der Waals surface area contributed by atoms with Gasteiger partial charge in [-0.2, -0.15) is 0 Å². The van der Waals surface area contributed by atoms with Gasteiger partial charge in [0.2, 0.25) is 0 Å². The fourth-order valence-corrected chi connectivity index (χ4v) is 9.73. The summed E-state index contributed by atoms with van der Waals surface area (Å²) < 4.78 is 6.86. The molecule has 0 saturated carbocycles. The van der Waals surface area contributed by atoms with Crippen LogP contribution in [-0.2, 0) is 5.41 Å². The van der Waals surface area contributed by atoms with Crippen LogP contribution in [0.25, 0.3) is 78.4 Å². The molecule has 1 aliphatic carbocycles. The van der Waals surface area contributed by atoms with Crippen LogP contribution in [-0.4, -0.2) is 9.97 Å². The van der Waals surface area contributed by atoms with E-state index in [1.807, 2.05) is 6.07 Å². The summed E-state index contributed by atoms with van der Waals surface area (Å²) in [6, 6.07) is 81.9. The Morgan fingerprint density at radius 2 is 0.694 bits per heavy atom. The Labute approximate surface area is 361 Å². The van der Waals surface area contributed by atoms with E-state index >= 15 is 0 Å². The first-order valence-corrected chi connectivity index (χ1v) is 21.1. The lowest BCUT2D eigenvalue weighted by Gasteiger charge is -2.39. The van der Waals surface area contributed by atoms with Gasteiger partial charge < -0.3 is 4.74 Å². The van der Waals surface area contributed by atoms with Crippen molar-refractivity contribution in [3.8, 4) is 89.9 Å². The van der Waals surface area contributed by atoms with Crippen molar-refractivity contribution in [1.29, 1.82) is 0 Å². The van der Waals surface area contributed by atoms with Gasteiger partial charge in [-0.1, -0.05) is 194 Å². The van der Waals surface area contributed by atoms with Crippen molar-refractivity contribution in [3.05, 3.63) is 253 Å². The molecule has 12 rings (SSSR count). The quantitative estimate of drug-likeness (QED) is 0.168. The van der Waals surface area contributed by atoms with Gasteiger partial charge in [0.25, 0.3) is 0 Å². The summed E-state index contributed by atoms with van der Waals surface area (Å²) in [5.74, 6) is 2.42. The van der Waals surface area contributed by atoms with Crippen molar-refractivity contribution in [2.45, 2.75) is 5.41 Å². The Kier molecular flexibility index (Phi) is 8.39. The van der Waals surface area contributed by atoms with E-state index in [9.17, 15) is 0 Å². The highest BCUT2D eigenvalue weighted by Gasteiger charge is 2.50. The van der Waals surface area contributed by atoms with Gasteiger partial charge in [0.15, 0.2) is 5.82 Å². The molecule has 2 heterocycles. The number of para-hydroxylation sites is 1. The number of aromatic nitrogens is 2. The molecule has 10 aromatic rings. The molecule has 62 heavy (non-hydrogen) atoms. The normalized spacial score (nSPS) is 12.8. The Balaban J connectivity index is 0.990. The summed E-state index contributed by atoms with van der Waals surface area (Å²) in [4.78, 5) is 10.6. The van der Waals surface area contributed by atoms with Gasteiger partial charge in [0, 0.05) is 27.8 Å². The maximum atomic E-state index is 6.86. The third-order valence-corrected chi connectivity index (χ3v) is 12.6. The third-order valence-electron chi connectivity index (χ3n) is 12.6. The SMILES string of the molecule is c1ccc(-c2cccc(-c3cc(-c4cccc(-c5ccc6c(c5)Oc5ccccc5C65c6ccccc6-c6ccccc65)c4)nc(-c4cccc(-c5ccccc5)c4)n3)c2)cc1. The molecule has 0 saturated heterocycles. The van der Waals surface area contributed by atoms with E-state index in [4.69, 9.17) is 14.7 Å². The Morgan fingerprint density at radius 1 is 0.274 bits per heavy atom. The molecule has 0 atom stereocenters. The van der Waals surface area contributed by atoms with Crippen molar-refractivity contribution in [2.24, 2.45) is 0 Å². The highest BCUT2D eigenvalue weighted by molar-refractivity contribution is 5.89. The van der Waals surface area contributed by atoms with Gasteiger partial charge in [0.1, 0.15) is 11.5 Å². The Hall–Kier alpha value is -8.14. The van der Waals surface area contributed by atoms with Crippen LogP contribution in [0.2, 0.25) is 0 Å². The molecular weight excluding hydrogens is 753 g/mol. The molecule has 290 valence electrons. The molecule has 0 bridgehead atoms. The summed E-state index contributed by atoms with van der Waals surface area (Å²) in [5.41, 5.74) is 18.3. The molecule has 0 fully saturated rings. The second-order valence-corrected chi connectivity index (χ2v) is 16.1. The maximum absolute atomic E-state index is 6.86. The van der Waals surface area contributed by atoms with E-state index in [2.05, 4.69) is 224 Å². The van der Waals surface area contributed by atoms with Crippen molar-refractivity contribution in [2.75, 3.05) is 0 Å². The van der Waals surface area contributed by atoms with E-state index < -0.39 is 5.41 Å². The summed E-state index contributed by atoms with van der Waals surface area (Å²) >= 11 is 0. The number of benzene rings is 9. The van der Waals surface area contributed by atoms with Crippen LogP contribution in [0.15, 0.2) is 231 Å². The topological polar surface area (TPSA) is 35.0 Å². The smallest absolute Gasteiger partial charge is 0.160 e. The number of fused-ring (bicyclic) bond motifs is 9.